The van der Waals surface area contributed by atoms with Crippen LogP contribution in [-0.4, -0.2) is 16.5 Å². The molecular weight excluding hydrogens is 190 g/mol. The molecule has 0 amide bonds. The first-order valence-corrected chi connectivity index (χ1v) is 5.08. The molecule has 2 rings (SSSR count). The lowest BCUT2D eigenvalue weighted by Crippen LogP contribution is -2.16. The molecule has 0 aromatic carbocycles. The number of aryl methyl sites for hydroxylation is 1. The van der Waals surface area contributed by atoms with Gasteiger partial charge >= 0.3 is 0 Å². The molecule has 0 aliphatic heterocycles. The van der Waals surface area contributed by atoms with E-state index in [0.29, 0.717) is 0 Å². The van der Waals surface area contributed by atoms with Gasteiger partial charge in [0, 0.05) is 31.4 Å². The van der Waals surface area contributed by atoms with Crippen molar-refractivity contribution >= 4 is 0 Å². The number of hydrogen-bond donors (Lipinski definition) is 2. The van der Waals surface area contributed by atoms with Gasteiger partial charge < -0.3 is 14.7 Å². The van der Waals surface area contributed by atoms with E-state index in [4.69, 9.17) is 4.42 Å². The lowest BCUT2D eigenvalue weighted by atomic mass is 10.3. The van der Waals surface area contributed by atoms with Crippen molar-refractivity contribution < 1.29 is 4.42 Å². The van der Waals surface area contributed by atoms with Gasteiger partial charge in [-0.1, -0.05) is 0 Å². The number of furan rings is 1. The van der Waals surface area contributed by atoms with Gasteiger partial charge in [-0.15, -0.1) is 0 Å². The molecular formula is C11H15N3O. The predicted octanol–water partition coefficient (Wildman–Crippen LogP) is 1.64. The molecule has 0 unspecified atom stereocenters. The van der Waals surface area contributed by atoms with Crippen molar-refractivity contribution in [3.05, 3.63) is 41.9 Å². The van der Waals surface area contributed by atoms with E-state index in [9.17, 15) is 0 Å². The summed E-state index contributed by atoms with van der Waals surface area (Å²) in [5.41, 5.74) is 1.12. The van der Waals surface area contributed by atoms with E-state index in [1.165, 1.54) is 0 Å². The van der Waals surface area contributed by atoms with Gasteiger partial charge in [0.1, 0.15) is 11.6 Å². The number of nitrogens with zero attached hydrogens (tertiary/aromatic N) is 1. The third-order valence-electron chi connectivity index (χ3n) is 2.20. The number of nitrogens with one attached hydrogen (secondary N) is 2. The minimum atomic E-state index is 0.821. The summed E-state index contributed by atoms with van der Waals surface area (Å²) in [7, 11) is 0. The molecule has 2 aromatic heterocycles. The highest BCUT2D eigenvalue weighted by Crippen LogP contribution is 2.00. The molecule has 0 bridgehead atoms. The van der Waals surface area contributed by atoms with Crippen LogP contribution in [0, 0.1) is 6.92 Å². The largest absolute Gasteiger partial charge is 0.469 e. The smallest absolute Gasteiger partial charge is 0.105 e. The monoisotopic (exact) mass is 205 g/mol. The third-order valence-corrected chi connectivity index (χ3v) is 2.20. The van der Waals surface area contributed by atoms with E-state index < -0.39 is 0 Å². The molecule has 0 radical (unpaired) electrons. The van der Waals surface area contributed by atoms with Crippen LogP contribution in [0.25, 0.3) is 0 Å². The standard InChI is InChI=1S/C11H15N3O/c1-9-13-8-10(14-9)7-12-5-4-11-3-2-6-15-11/h2-3,6,8,12H,4-5,7H2,1H3,(H,13,14). The molecule has 2 aromatic rings. The zero-order valence-electron chi connectivity index (χ0n) is 8.79. The van der Waals surface area contributed by atoms with E-state index in [1.807, 2.05) is 25.3 Å². The lowest BCUT2D eigenvalue weighted by molar-refractivity contribution is 0.498. The quantitative estimate of drug-likeness (QED) is 0.730. The number of imidazole rings is 1. The molecule has 2 heterocycles. The minimum absolute atomic E-state index is 0.821. The first-order chi connectivity index (χ1) is 7.34. The summed E-state index contributed by atoms with van der Waals surface area (Å²) in [5, 5.41) is 3.32. The van der Waals surface area contributed by atoms with Crippen LogP contribution in [0.2, 0.25) is 0 Å². The van der Waals surface area contributed by atoms with E-state index >= 15 is 0 Å². The Morgan fingerprint density at radius 2 is 2.47 bits per heavy atom. The second-order valence-corrected chi connectivity index (χ2v) is 3.50. The molecule has 0 aliphatic rings. The van der Waals surface area contributed by atoms with Crippen molar-refractivity contribution in [3.63, 3.8) is 0 Å². The van der Waals surface area contributed by atoms with E-state index in [0.717, 1.165) is 36.8 Å². The summed E-state index contributed by atoms with van der Waals surface area (Å²) in [6.45, 7) is 3.68. The average molecular weight is 205 g/mol. The highest BCUT2D eigenvalue weighted by Gasteiger charge is 1.97. The Balaban J connectivity index is 1.67. The summed E-state index contributed by atoms with van der Waals surface area (Å²) >= 11 is 0. The van der Waals surface area contributed by atoms with Crippen molar-refractivity contribution in [1.29, 1.82) is 0 Å². The van der Waals surface area contributed by atoms with E-state index in [-0.39, 0.29) is 0 Å². The Kier molecular flexibility index (Phi) is 3.19. The van der Waals surface area contributed by atoms with Crippen molar-refractivity contribution in [1.82, 2.24) is 15.3 Å². The highest BCUT2D eigenvalue weighted by molar-refractivity contribution is 5.00. The van der Waals surface area contributed by atoms with Crippen molar-refractivity contribution in [3.8, 4) is 0 Å². The van der Waals surface area contributed by atoms with Crippen molar-refractivity contribution in [2.45, 2.75) is 19.9 Å². The highest BCUT2D eigenvalue weighted by atomic mass is 16.3. The number of aromatic amines is 1. The maximum absolute atomic E-state index is 5.23. The number of aromatic nitrogens is 2. The van der Waals surface area contributed by atoms with Crippen LogP contribution in [0.15, 0.2) is 29.0 Å². The molecule has 0 aliphatic carbocycles. The van der Waals surface area contributed by atoms with Crippen LogP contribution in [0.1, 0.15) is 17.3 Å². The van der Waals surface area contributed by atoms with Crippen LogP contribution in [0.5, 0.6) is 0 Å². The molecule has 4 heteroatoms. The molecule has 0 saturated heterocycles. The van der Waals surface area contributed by atoms with Gasteiger partial charge in [-0.05, 0) is 19.1 Å². The molecule has 0 atom stereocenters. The van der Waals surface area contributed by atoms with Gasteiger partial charge in [0.2, 0.25) is 0 Å². The molecule has 0 spiro atoms. The van der Waals surface area contributed by atoms with Crippen LogP contribution < -0.4 is 5.32 Å². The SMILES string of the molecule is Cc1ncc(CNCCc2ccco2)[nH]1. The van der Waals surface area contributed by atoms with Crippen molar-refractivity contribution in [2.75, 3.05) is 6.54 Å². The number of rotatable bonds is 5. The Bertz CT molecular complexity index is 392. The number of H-pyrrole nitrogens is 1. The Morgan fingerprint density at radius 1 is 1.53 bits per heavy atom. The summed E-state index contributed by atoms with van der Waals surface area (Å²) in [5.74, 6) is 1.97. The van der Waals surface area contributed by atoms with E-state index in [2.05, 4.69) is 15.3 Å². The maximum Gasteiger partial charge on any atom is 0.105 e. The van der Waals surface area contributed by atoms with Gasteiger partial charge in [0.25, 0.3) is 0 Å². The first kappa shape index (κ1) is 9.98. The zero-order chi connectivity index (χ0) is 10.5. The second-order valence-electron chi connectivity index (χ2n) is 3.50. The topological polar surface area (TPSA) is 53.9 Å². The Morgan fingerprint density at radius 3 is 3.13 bits per heavy atom. The summed E-state index contributed by atoms with van der Waals surface area (Å²) < 4.78 is 5.23. The number of hydrogen-bond acceptors (Lipinski definition) is 3. The maximum atomic E-state index is 5.23. The fourth-order valence-corrected chi connectivity index (χ4v) is 1.45. The third kappa shape index (κ3) is 2.95. The van der Waals surface area contributed by atoms with Gasteiger partial charge in [-0.2, -0.15) is 0 Å². The second kappa shape index (κ2) is 4.79. The fourth-order valence-electron chi connectivity index (χ4n) is 1.45. The van der Waals surface area contributed by atoms with Crippen LogP contribution in [0.4, 0.5) is 0 Å². The Labute approximate surface area is 88.7 Å². The normalized spacial score (nSPS) is 10.7. The predicted molar refractivity (Wildman–Crippen MR) is 57.4 cm³/mol. The molecule has 0 fully saturated rings. The van der Waals surface area contributed by atoms with Gasteiger partial charge in [0.05, 0.1) is 6.26 Å². The fraction of sp³-hybridized carbons (Fsp3) is 0.364. The summed E-state index contributed by atoms with van der Waals surface area (Å²) in [4.78, 5) is 7.30. The summed E-state index contributed by atoms with van der Waals surface area (Å²) in [6, 6.07) is 3.90. The lowest BCUT2D eigenvalue weighted by Gasteiger charge is -2.00. The van der Waals surface area contributed by atoms with Gasteiger partial charge in [-0.25, -0.2) is 4.98 Å². The van der Waals surface area contributed by atoms with Gasteiger partial charge in [-0.3, -0.25) is 0 Å². The average Bonchev–Trinajstić information content (AvgIpc) is 2.84. The molecule has 2 N–H and O–H groups in total. The molecule has 15 heavy (non-hydrogen) atoms. The van der Waals surface area contributed by atoms with Crippen LogP contribution >= 0.6 is 0 Å². The van der Waals surface area contributed by atoms with E-state index in [1.54, 1.807) is 6.26 Å². The molecule has 0 saturated carbocycles. The van der Waals surface area contributed by atoms with Gasteiger partial charge in [0.15, 0.2) is 0 Å². The Hall–Kier alpha value is -1.55. The molecule has 80 valence electrons. The first-order valence-electron chi connectivity index (χ1n) is 5.08. The van der Waals surface area contributed by atoms with Crippen LogP contribution in [-0.2, 0) is 13.0 Å². The molecule has 4 nitrogen and oxygen atoms in total. The summed E-state index contributed by atoms with van der Waals surface area (Å²) in [6.07, 6.45) is 4.48. The van der Waals surface area contributed by atoms with Crippen LogP contribution in [0.3, 0.4) is 0 Å². The van der Waals surface area contributed by atoms with Crippen molar-refractivity contribution in [2.24, 2.45) is 0 Å². The minimum Gasteiger partial charge on any atom is -0.469 e. The zero-order valence-corrected chi connectivity index (χ0v) is 8.79.